The van der Waals surface area contributed by atoms with E-state index in [1.165, 1.54) is 6.42 Å². The molecule has 0 spiro atoms. The molecule has 2 rings (SSSR count). The summed E-state index contributed by atoms with van der Waals surface area (Å²) in [5.41, 5.74) is 6.53. The van der Waals surface area contributed by atoms with Gasteiger partial charge in [0, 0.05) is 12.6 Å². The van der Waals surface area contributed by atoms with E-state index in [2.05, 4.69) is 0 Å². The van der Waals surface area contributed by atoms with Crippen molar-refractivity contribution >= 4 is 5.91 Å². The van der Waals surface area contributed by atoms with E-state index in [-0.39, 0.29) is 11.9 Å². The summed E-state index contributed by atoms with van der Waals surface area (Å²) in [6.07, 6.45) is 3.30. The van der Waals surface area contributed by atoms with Crippen molar-refractivity contribution < 1.29 is 9.90 Å². The Morgan fingerprint density at radius 2 is 2.00 bits per heavy atom. The highest BCUT2D eigenvalue weighted by atomic mass is 16.3. The van der Waals surface area contributed by atoms with Gasteiger partial charge in [-0.05, 0) is 37.8 Å². The van der Waals surface area contributed by atoms with Crippen LogP contribution in [0.5, 0.6) is 0 Å². The minimum absolute atomic E-state index is 0.166. The van der Waals surface area contributed by atoms with Crippen LogP contribution in [0.2, 0.25) is 0 Å². The third kappa shape index (κ3) is 3.63. The van der Waals surface area contributed by atoms with E-state index >= 15 is 0 Å². The molecule has 1 aliphatic rings. The number of rotatable bonds is 5. The molecule has 0 bridgehead atoms. The fourth-order valence-corrected chi connectivity index (χ4v) is 3.36. The second kappa shape index (κ2) is 7.57. The van der Waals surface area contributed by atoms with E-state index in [0.717, 1.165) is 19.3 Å². The van der Waals surface area contributed by atoms with Crippen LogP contribution in [-0.4, -0.2) is 35.0 Å². The van der Waals surface area contributed by atoms with Gasteiger partial charge in [0.05, 0.1) is 0 Å². The summed E-state index contributed by atoms with van der Waals surface area (Å²) in [5, 5.41) is 10.4. The third-order valence-corrected chi connectivity index (χ3v) is 4.55. The second-order valence-electron chi connectivity index (χ2n) is 5.79. The zero-order valence-corrected chi connectivity index (χ0v) is 12.7. The van der Waals surface area contributed by atoms with Crippen molar-refractivity contribution in [3.8, 4) is 0 Å². The number of benzene rings is 1. The molecule has 0 aliphatic heterocycles. The zero-order valence-electron chi connectivity index (χ0n) is 12.7. The maximum absolute atomic E-state index is 12.7. The van der Waals surface area contributed by atoms with E-state index in [1.54, 1.807) is 12.1 Å². The summed E-state index contributed by atoms with van der Waals surface area (Å²) in [6.45, 7) is 3.19. The average Bonchev–Trinajstić information content (AvgIpc) is 2.56. The molecule has 1 saturated carbocycles. The predicted molar refractivity (Wildman–Crippen MR) is 83.6 cm³/mol. The first-order valence-corrected chi connectivity index (χ1v) is 7.92. The molecular weight excluding hydrogens is 264 g/mol. The number of carbonyl (C=O) groups excluding carboxylic acids is 1. The molecule has 3 N–H and O–H groups in total. The predicted octanol–water partition coefficient (Wildman–Crippen LogP) is 2.09. The Labute approximate surface area is 126 Å². The van der Waals surface area contributed by atoms with Gasteiger partial charge in [-0.2, -0.15) is 0 Å². The molecule has 0 radical (unpaired) electrons. The molecule has 0 aromatic heterocycles. The average molecular weight is 290 g/mol. The molecule has 1 aromatic rings. The van der Waals surface area contributed by atoms with Crippen molar-refractivity contribution in [1.29, 1.82) is 0 Å². The van der Waals surface area contributed by atoms with Crippen LogP contribution >= 0.6 is 0 Å². The Bertz CT molecular complexity index is 449. The molecule has 3 atom stereocenters. The lowest BCUT2D eigenvalue weighted by atomic mass is 9.83. The van der Waals surface area contributed by atoms with Gasteiger partial charge in [-0.1, -0.05) is 43.2 Å². The summed E-state index contributed by atoms with van der Waals surface area (Å²) in [5.74, 6) is 0.152. The number of amides is 1. The molecule has 4 heteroatoms. The Hall–Kier alpha value is -1.39. The second-order valence-corrected chi connectivity index (χ2v) is 5.79. The molecule has 1 aromatic carbocycles. The SMILES string of the molecule is CCN(C(=O)C(O)c1ccccc1)C1CCCCC1CN. The lowest BCUT2D eigenvalue weighted by Gasteiger charge is -2.40. The number of nitrogens with zero attached hydrogens (tertiary/aromatic N) is 1. The Kier molecular flexibility index (Phi) is 5.76. The van der Waals surface area contributed by atoms with E-state index in [9.17, 15) is 9.90 Å². The normalized spacial score (nSPS) is 23.6. The van der Waals surface area contributed by atoms with Gasteiger partial charge in [-0.15, -0.1) is 0 Å². The standard InChI is InChI=1S/C17H26N2O2/c1-2-19(15-11-7-6-10-14(15)12-18)17(21)16(20)13-8-4-3-5-9-13/h3-5,8-9,14-16,20H,2,6-7,10-12,18H2,1H3. The molecule has 0 heterocycles. The maximum atomic E-state index is 12.7. The van der Waals surface area contributed by atoms with E-state index in [0.29, 0.717) is 24.6 Å². The van der Waals surface area contributed by atoms with Crippen molar-refractivity contribution in [2.45, 2.75) is 44.8 Å². The smallest absolute Gasteiger partial charge is 0.256 e. The highest BCUT2D eigenvalue weighted by Gasteiger charge is 2.34. The van der Waals surface area contributed by atoms with Crippen molar-refractivity contribution in [2.24, 2.45) is 11.7 Å². The molecule has 116 valence electrons. The summed E-state index contributed by atoms with van der Waals surface area (Å²) in [7, 11) is 0. The van der Waals surface area contributed by atoms with Crippen LogP contribution in [0, 0.1) is 5.92 Å². The molecule has 4 nitrogen and oxygen atoms in total. The third-order valence-electron chi connectivity index (χ3n) is 4.55. The molecule has 1 amide bonds. The Morgan fingerprint density at radius 1 is 1.33 bits per heavy atom. The fourth-order valence-electron chi connectivity index (χ4n) is 3.36. The van der Waals surface area contributed by atoms with Gasteiger partial charge in [0.25, 0.3) is 5.91 Å². The lowest BCUT2D eigenvalue weighted by molar-refractivity contribution is -0.144. The molecule has 1 fully saturated rings. The number of aliphatic hydroxyl groups excluding tert-OH is 1. The Morgan fingerprint density at radius 3 is 2.62 bits per heavy atom. The van der Waals surface area contributed by atoms with Crippen molar-refractivity contribution in [2.75, 3.05) is 13.1 Å². The lowest BCUT2D eigenvalue weighted by Crippen LogP contribution is -2.49. The first-order valence-electron chi connectivity index (χ1n) is 7.92. The fraction of sp³-hybridized carbons (Fsp3) is 0.588. The minimum Gasteiger partial charge on any atom is -0.378 e. The maximum Gasteiger partial charge on any atom is 0.256 e. The number of hydrogen-bond donors (Lipinski definition) is 2. The van der Waals surface area contributed by atoms with Crippen LogP contribution in [-0.2, 0) is 4.79 Å². The van der Waals surface area contributed by atoms with Crippen LogP contribution in [0.4, 0.5) is 0 Å². The summed E-state index contributed by atoms with van der Waals surface area (Å²) in [6, 6.07) is 9.30. The van der Waals surface area contributed by atoms with Crippen LogP contribution in [0.3, 0.4) is 0 Å². The Balaban J connectivity index is 2.14. The molecule has 1 aliphatic carbocycles. The van der Waals surface area contributed by atoms with E-state index < -0.39 is 6.10 Å². The number of nitrogens with two attached hydrogens (primary N) is 1. The number of carbonyl (C=O) groups is 1. The van der Waals surface area contributed by atoms with Crippen LogP contribution in [0.1, 0.15) is 44.3 Å². The van der Waals surface area contributed by atoms with Gasteiger partial charge in [0.1, 0.15) is 0 Å². The molecular formula is C17H26N2O2. The summed E-state index contributed by atoms with van der Waals surface area (Å²) < 4.78 is 0. The first kappa shape index (κ1) is 16.0. The van der Waals surface area contributed by atoms with Gasteiger partial charge in [0.2, 0.25) is 0 Å². The molecule has 21 heavy (non-hydrogen) atoms. The highest BCUT2D eigenvalue weighted by molar-refractivity contribution is 5.82. The van der Waals surface area contributed by atoms with Crippen LogP contribution in [0.25, 0.3) is 0 Å². The number of likely N-dealkylation sites (N-methyl/N-ethyl adjacent to an activating group) is 1. The van der Waals surface area contributed by atoms with E-state index in [1.807, 2.05) is 30.0 Å². The van der Waals surface area contributed by atoms with Gasteiger partial charge in [0.15, 0.2) is 6.10 Å². The molecule has 0 saturated heterocycles. The summed E-state index contributed by atoms with van der Waals surface area (Å²) in [4.78, 5) is 14.5. The topological polar surface area (TPSA) is 66.6 Å². The van der Waals surface area contributed by atoms with Crippen molar-refractivity contribution in [1.82, 2.24) is 4.90 Å². The highest BCUT2D eigenvalue weighted by Crippen LogP contribution is 2.29. The van der Waals surface area contributed by atoms with Crippen molar-refractivity contribution in [3.63, 3.8) is 0 Å². The van der Waals surface area contributed by atoms with Crippen LogP contribution < -0.4 is 5.73 Å². The quantitative estimate of drug-likeness (QED) is 0.872. The zero-order chi connectivity index (χ0) is 15.2. The largest absolute Gasteiger partial charge is 0.378 e. The first-order chi connectivity index (χ1) is 10.2. The van der Waals surface area contributed by atoms with Crippen LogP contribution in [0.15, 0.2) is 30.3 Å². The number of aliphatic hydroxyl groups is 1. The van der Waals surface area contributed by atoms with Gasteiger partial charge in [-0.3, -0.25) is 4.79 Å². The molecule has 3 unspecified atom stereocenters. The van der Waals surface area contributed by atoms with Crippen molar-refractivity contribution in [3.05, 3.63) is 35.9 Å². The van der Waals surface area contributed by atoms with E-state index in [4.69, 9.17) is 5.73 Å². The minimum atomic E-state index is -1.08. The van der Waals surface area contributed by atoms with Gasteiger partial charge in [-0.25, -0.2) is 0 Å². The monoisotopic (exact) mass is 290 g/mol. The number of hydrogen-bond acceptors (Lipinski definition) is 3. The summed E-state index contributed by atoms with van der Waals surface area (Å²) >= 11 is 0. The van der Waals surface area contributed by atoms with Gasteiger partial charge < -0.3 is 15.7 Å². The van der Waals surface area contributed by atoms with Gasteiger partial charge >= 0.3 is 0 Å².